The molecule has 1 aliphatic carbocycles. The van der Waals surface area contributed by atoms with E-state index in [-0.39, 0.29) is 5.41 Å². The van der Waals surface area contributed by atoms with Crippen LogP contribution in [0.1, 0.15) is 36.8 Å². The van der Waals surface area contributed by atoms with Crippen LogP contribution < -0.4 is 10.6 Å². The van der Waals surface area contributed by atoms with Crippen LogP contribution in [0.3, 0.4) is 0 Å². The molecule has 0 bridgehead atoms. The smallest absolute Gasteiger partial charge is 0.309 e. The third-order valence-corrected chi connectivity index (χ3v) is 5.04. The number of carbonyl (C=O) groups is 2. The first-order chi connectivity index (χ1) is 12.2. The van der Waals surface area contributed by atoms with Crippen LogP contribution >= 0.6 is 0 Å². The molecule has 4 heteroatoms. The molecule has 25 heavy (non-hydrogen) atoms. The first-order valence-electron chi connectivity index (χ1n) is 8.85. The molecule has 1 aliphatic rings. The van der Waals surface area contributed by atoms with Gasteiger partial charge in [0.25, 0.3) is 0 Å². The van der Waals surface area contributed by atoms with Crippen LogP contribution in [-0.4, -0.2) is 18.4 Å². The van der Waals surface area contributed by atoms with E-state index < -0.39 is 11.8 Å². The summed E-state index contributed by atoms with van der Waals surface area (Å²) in [5.41, 5.74) is 2.18. The maximum atomic E-state index is 12.2. The molecule has 0 radical (unpaired) electrons. The Bertz CT molecular complexity index is 707. The average Bonchev–Trinajstić information content (AvgIpc) is 3.16. The summed E-state index contributed by atoms with van der Waals surface area (Å²) in [7, 11) is 0. The number of nitrogens with one attached hydrogen (secondary N) is 2. The van der Waals surface area contributed by atoms with Crippen molar-refractivity contribution in [1.29, 1.82) is 0 Å². The molecule has 2 amide bonds. The monoisotopic (exact) mass is 336 g/mol. The summed E-state index contributed by atoms with van der Waals surface area (Å²) in [6.45, 7) is 0.867. The van der Waals surface area contributed by atoms with Crippen molar-refractivity contribution in [2.75, 3.05) is 6.54 Å². The molecule has 1 fully saturated rings. The summed E-state index contributed by atoms with van der Waals surface area (Å²) in [5, 5.41) is 5.52. The fourth-order valence-corrected chi connectivity index (χ4v) is 3.60. The van der Waals surface area contributed by atoms with Crippen molar-refractivity contribution in [1.82, 2.24) is 10.6 Å². The molecule has 0 aliphatic heterocycles. The van der Waals surface area contributed by atoms with Gasteiger partial charge in [0.1, 0.15) is 0 Å². The van der Waals surface area contributed by atoms with E-state index in [2.05, 4.69) is 22.8 Å². The third kappa shape index (κ3) is 4.27. The Morgan fingerprint density at radius 1 is 0.800 bits per heavy atom. The Balaban J connectivity index is 1.56. The number of benzene rings is 2. The zero-order chi connectivity index (χ0) is 17.5. The van der Waals surface area contributed by atoms with Crippen molar-refractivity contribution in [3.63, 3.8) is 0 Å². The van der Waals surface area contributed by atoms with E-state index >= 15 is 0 Å². The third-order valence-electron chi connectivity index (χ3n) is 5.04. The van der Waals surface area contributed by atoms with Crippen molar-refractivity contribution < 1.29 is 9.59 Å². The van der Waals surface area contributed by atoms with E-state index in [1.165, 1.54) is 5.56 Å². The molecule has 0 aromatic heterocycles. The Labute approximate surface area is 148 Å². The second kappa shape index (κ2) is 7.97. The molecule has 2 aromatic rings. The van der Waals surface area contributed by atoms with Gasteiger partial charge >= 0.3 is 11.8 Å². The van der Waals surface area contributed by atoms with Gasteiger partial charge in [0.15, 0.2) is 0 Å². The highest BCUT2D eigenvalue weighted by molar-refractivity contribution is 6.35. The molecular formula is C21H24N2O2. The Morgan fingerprint density at radius 3 is 2.00 bits per heavy atom. The molecule has 4 nitrogen and oxygen atoms in total. The summed E-state index contributed by atoms with van der Waals surface area (Å²) < 4.78 is 0. The first kappa shape index (κ1) is 17.2. The van der Waals surface area contributed by atoms with Gasteiger partial charge in [-0.15, -0.1) is 0 Å². The summed E-state index contributed by atoms with van der Waals surface area (Å²) in [4.78, 5) is 24.2. The largest absolute Gasteiger partial charge is 0.347 e. The lowest BCUT2D eigenvalue weighted by Gasteiger charge is -2.29. The van der Waals surface area contributed by atoms with Crippen LogP contribution in [0.2, 0.25) is 0 Å². The summed E-state index contributed by atoms with van der Waals surface area (Å²) in [5.74, 6) is -1.14. The predicted molar refractivity (Wildman–Crippen MR) is 97.9 cm³/mol. The highest BCUT2D eigenvalue weighted by Crippen LogP contribution is 2.40. The average molecular weight is 336 g/mol. The lowest BCUT2D eigenvalue weighted by atomic mass is 9.79. The predicted octanol–water partition coefficient (Wildman–Crippen LogP) is 2.93. The molecular weight excluding hydrogens is 312 g/mol. The zero-order valence-corrected chi connectivity index (χ0v) is 14.3. The van der Waals surface area contributed by atoms with Crippen LogP contribution in [0.15, 0.2) is 60.7 Å². The fraction of sp³-hybridized carbons (Fsp3) is 0.333. The molecule has 2 aromatic carbocycles. The minimum atomic E-state index is -0.579. The van der Waals surface area contributed by atoms with Gasteiger partial charge in [0.05, 0.1) is 0 Å². The Morgan fingerprint density at radius 2 is 1.36 bits per heavy atom. The molecule has 3 rings (SSSR count). The van der Waals surface area contributed by atoms with Gasteiger partial charge < -0.3 is 10.6 Å². The van der Waals surface area contributed by atoms with Gasteiger partial charge in [0.2, 0.25) is 0 Å². The van der Waals surface area contributed by atoms with Crippen LogP contribution in [0.25, 0.3) is 0 Å². The number of carbonyl (C=O) groups excluding carboxylic acids is 2. The van der Waals surface area contributed by atoms with Gasteiger partial charge in [-0.25, -0.2) is 0 Å². The standard InChI is InChI=1S/C21H24N2O2/c24-19(22-15-17-9-3-1-4-10-17)20(25)23-16-21(13-7-8-14-21)18-11-5-2-6-12-18/h1-6,9-12H,7-8,13-16H2,(H,22,24)(H,23,25). The maximum absolute atomic E-state index is 12.2. The molecule has 0 spiro atoms. The van der Waals surface area contributed by atoms with Crippen LogP contribution in [0.4, 0.5) is 0 Å². The zero-order valence-electron chi connectivity index (χ0n) is 14.3. The molecule has 0 atom stereocenters. The summed E-state index contributed by atoms with van der Waals surface area (Å²) >= 11 is 0. The summed E-state index contributed by atoms with van der Waals surface area (Å²) in [6, 6.07) is 19.9. The fourth-order valence-electron chi connectivity index (χ4n) is 3.60. The number of hydrogen-bond acceptors (Lipinski definition) is 2. The lowest BCUT2D eigenvalue weighted by Crippen LogP contribution is -2.45. The SMILES string of the molecule is O=C(NCc1ccccc1)C(=O)NCC1(c2ccccc2)CCCC1. The molecule has 0 saturated heterocycles. The van der Waals surface area contributed by atoms with Crippen LogP contribution in [0, 0.1) is 0 Å². The van der Waals surface area contributed by atoms with Crippen molar-refractivity contribution in [3.8, 4) is 0 Å². The van der Waals surface area contributed by atoms with E-state index in [9.17, 15) is 9.59 Å². The number of hydrogen-bond donors (Lipinski definition) is 2. The first-order valence-corrected chi connectivity index (χ1v) is 8.85. The Hall–Kier alpha value is -2.62. The van der Waals surface area contributed by atoms with Gasteiger partial charge in [-0.05, 0) is 24.0 Å². The molecule has 1 saturated carbocycles. The van der Waals surface area contributed by atoms with Crippen molar-refractivity contribution in [3.05, 3.63) is 71.8 Å². The molecule has 0 unspecified atom stereocenters. The number of rotatable bonds is 5. The van der Waals surface area contributed by atoms with E-state index in [4.69, 9.17) is 0 Å². The quantitative estimate of drug-likeness (QED) is 0.825. The van der Waals surface area contributed by atoms with E-state index in [0.29, 0.717) is 13.1 Å². The van der Waals surface area contributed by atoms with E-state index in [1.54, 1.807) is 0 Å². The van der Waals surface area contributed by atoms with E-state index in [0.717, 1.165) is 31.2 Å². The molecule has 0 heterocycles. The minimum Gasteiger partial charge on any atom is -0.347 e. The molecule has 2 N–H and O–H groups in total. The van der Waals surface area contributed by atoms with Gasteiger partial charge in [-0.3, -0.25) is 9.59 Å². The number of amides is 2. The second-order valence-electron chi connectivity index (χ2n) is 6.70. The van der Waals surface area contributed by atoms with Crippen molar-refractivity contribution in [2.24, 2.45) is 0 Å². The summed E-state index contributed by atoms with van der Waals surface area (Å²) in [6.07, 6.45) is 4.40. The topological polar surface area (TPSA) is 58.2 Å². The van der Waals surface area contributed by atoms with Crippen molar-refractivity contribution >= 4 is 11.8 Å². The van der Waals surface area contributed by atoms with Crippen LogP contribution in [-0.2, 0) is 21.5 Å². The van der Waals surface area contributed by atoms with Crippen molar-refractivity contribution in [2.45, 2.75) is 37.6 Å². The molecule has 130 valence electrons. The van der Waals surface area contributed by atoms with Gasteiger partial charge in [-0.2, -0.15) is 0 Å². The van der Waals surface area contributed by atoms with Gasteiger partial charge in [0, 0.05) is 18.5 Å². The van der Waals surface area contributed by atoms with Crippen LogP contribution in [0.5, 0.6) is 0 Å². The minimum absolute atomic E-state index is 0.0450. The second-order valence-corrected chi connectivity index (χ2v) is 6.70. The van der Waals surface area contributed by atoms with Gasteiger partial charge in [-0.1, -0.05) is 73.5 Å². The van der Waals surface area contributed by atoms with E-state index in [1.807, 2.05) is 48.5 Å². The highest BCUT2D eigenvalue weighted by atomic mass is 16.2. The maximum Gasteiger partial charge on any atom is 0.309 e. The highest BCUT2D eigenvalue weighted by Gasteiger charge is 2.36. The lowest BCUT2D eigenvalue weighted by molar-refractivity contribution is -0.139. The Kier molecular flexibility index (Phi) is 5.49. The normalized spacial score (nSPS) is 15.5.